The molecule has 3 nitrogen and oxygen atoms in total. The van der Waals surface area contributed by atoms with Crippen LogP contribution in [0.4, 0.5) is 0 Å². The van der Waals surface area contributed by atoms with Crippen LogP contribution in [0.2, 0.25) is 5.15 Å². The highest BCUT2D eigenvalue weighted by atomic mass is 35.5. The zero-order valence-electron chi connectivity index (χ0n) is 8.81. The van der Waals surface area contributed by atoms with E-state index in [0.29, 0.717) is 16.4 Å². The second kappa shape index (κ2) is 3.79. The molecule has 2 heterocycles. The number of hydrogen-bond donors (Lipinski definition) is 2. The van der Waals surface area contributed by atoms with E-state index in [9.17, 15) is 5.11 Å². The molecule has 1 aromatic carbocycles. The molecule has 3 rings (SSSR count). The molecule has 0 radical (unpaired) electrons. The number of nitrogens with one attached hydrogen (secondary N) is 1. The maximum absolute atomic E-state index is 9.86. The zero-order chi connectivity index (χ0) is 11.8. The summed E-state index contributed by atoms with van der Waals surface area (Å²) in [6.45, 7) is 0. The molecule has 0 unspecified atom stereocenters. The number of aromatic nitrogens is 2. The number of benzene rings is 1. The van der Waals surface area contributed by atoms with Gasteiger partial charge in [0.05, 0.1) is 11.2 Å². The van der Waals surface area contributed by atoms with Crippen LogP contribution >= 0.6 is 11.6 Å². The van der Waals surface area contributed by atoms with Crippen molar-refractivity contribution in [1.82, 2.24) is 9.97 Å². The minimum absolute atomic E-state index is 0.199. The Morgan fingerprint density at radius 1 is 1.18 bits per heavy atom. The number of phenols is 1. The number of para-hydroxylation sites is 1. The molecule has 0 saturated heterocycles. The summed E-state index contributed by atoms with van der Waals surface area (Å²) < 4.78 is 0. The molecule has 17 heavy (non-hydrogen) atoms. The first kappa shape index (κ1) is 10.2. The third kappa shape index (κ3) is 1.65. The Bertz CT molecular complexity index is 691. The number of hydrogen-bond acceptors (Lipinski definition) is 2. The summed E-state index contributed by atoms with van der Waals surface area (Å²) in [5, 5.41) is 11.2. The Labute approximate surface area is 103 Å². The Hall–Kier alpha value is -2.00. The van der Waals surface area contributed by atoms with Crippen LogP contribution in [-0.4, -0.2) is 15.1 Å². The van der Waals surface area contributed by atoms with Crippen molar-refractivity contribution in [1.29, 1.82) is 0 Å². The molecule has 0 bridgehead atoms. The van der Waals surface area contributed by atoms with Crippen LogP contribution in [0.5, 0.6) is 5.75 Å². The standard InChI is InChI=1S/C13H9ClN2O/c14-12-7-10-8(5-6-15-10)13(16-12)9-3-1-2-4-11(9)17/h1-7,15,17H. The maximum Gasteiger partial charge on any atom is 0.131 e. The first-order valence-electron chi connectivity index (χ1n) is 5.18. The third-order valence-corrected chi connectivity index (χ3v) is 2.87. The van der Waals surface area contributed by atoms with E-state index in [1.807, 2.05) is 24.4 Å². The van der Waals surface area contributed by atoms with Gasteiger partial charge in [0.25, 0.3) is 0 Å². The maximum atomic E-state index is 9.86. The van der Waals surface area contributed by atoms with Gasteiger partial charge >= 0.3 is 0 Å². The van der Waals surface area contributed by atoms with Crippen molar-refractivity contribution in [3.8, 4) is 17.0 Å². The van der Waals surface area contributed by atoms with Crippen molar-refractivity contribution in [2.24, 2.45) is 0 Å². The number of halogens is 1. The smallest absolute Gasteiger partial charge is 0.131 e. The van der Waals surface area contributed by atoms with Crippen LogP contribution in [0.1, 0.15) is 0 Å². The molecule has 0 spiro atoms. The summed E-state index contributed by atoms with van der Waals surface area (Å²) in [7, 11) is 0. The molecule has 2 aromatic heterocycles. The van der Waals surface area contributed by atoms with Crippen molar-refractivity contribution in [3.05, 3.63) is 47.7 Å². The van der Waals surface area contributed by atoms with Gasteiger partial charge in [0.2, 0.25) is 0 Å². The number of aromatic hydroxyl groups is 1. The van der Waals surface area contributed by atoms with Gasteiger partial charge in [-0.05, 0) is 24.3 Å². The molecule has 2 N–H and O–H groups in total. The summed E-state index contributed by atoms with van der Waals surface area (Å²) in [4.78, 5) is 7.37. The normalized spacial score (nSPS) is 10.9. The third-order valence-electron chi connectivity index (χ3n) is 2.68. The fourth-order valence-corrected chi connectivity index (χ4v) is 2.10. The van der Waals surface area contributed by atoms with Crippen molar-refractivity contribution in [2.75, 3.05) is 0 Å². The first-order valence-corrected chi connectivity index (χ1v) is 5.55. The fourth-order valence-electron chi connectivity index (χ4n) is 1.91. The molecule has 0 aliphatic carbocycles. The topological polar surface area (TPSA) is 48.9 Å². The number of aromatic amines is 1. The Morgan fingerprint density at radius 3 is 2.82 bits per heavy atom. The van der Waals surface area contributed by atoms with E-state index in [4.69, 9.17) is 11.6 Å². The molecule has 0 saturated carbocycles. The van der Waals surface area contributed by atoms with Crippen molar-refractivity contribution >= 4 is 22.5 Å². The number of fused-ring (bicyclic) bond motifs is 1. The van der Waals surface area contributed by atoms with Crippen molar-refractivity contribution in [3.63, 3.8) is 0 Å². The largest absolute Gasteiger partial charge is 0.507 e. The Balaban J connectivity index is 2.37. The summed E-state index contributed by atoms with van der Waals surface area (Å²) >= 11 is 5.97. The second-order valence-electron chi connectivity index (χ2n) is 3.75. The molecule has 84 valence electrons. The van der Waals surface area contributed by atoms with E-state index in [1.54, 1.807) is 18.2 Å². The van der Waals surface area contributed by atoms with Gasteiger partial charge in [0.15, 0.2) is 0 Å². The second-order valence-corrected chi connectivity index (χ2v) is 4.14. The van der Waals surface area contributed by atoms with Gasteiger partial charge in [-0.2, -0.15) is 0 Å². The van der Waals surface area contributed by atoms with Gasteiger partial charge in [-0.1, -0.05) is 23.7 Å². The average molecular weight is 245 g/mol. The lowest BCUT2D eigenvalue weighted by Crippen LogP contribution is -1.86. The van der Waals surface area contributed by atoms with Crippen molar-refractivity contribution in [2.45, 2.75) is 0 Å². The van der Waals surface area contributed by atoms with E-state index < -0.39 is 0 Å². The quantitative estimate of drug-likeness (QED) is 0.643. The molecule has 0 aliphatic rings. The number of nitrogens with zero attached hydrogens (tertiary/aromatic N) is 1. The molecular weight excluding hydrogens is 236 g/mol. The minimum Gasteiger partial charge on any atom is -0.507 e. The van der Waals surface area contributed by atoms with Crippen LogP contribution in [0.3, 0.4) is 0 Å². The molecule has 0 aliphatic heterocycles. The summed E-state index contributed by atoms with van der Waals surface area (Å²) in [5.41, 5.74) is 2.27. The van der Waals surface area contributed by atoms with E-state index in [0.717, 1.165) is 10.9 Å². The fraction of sp³-hybridized carbons (Fsp3) is 0. The summed E-state index contributed by atoms with van der Waals surface area (Å²) in [6.07, 6.45) is 1.83. The predicted molar refractivity (Wildman–Crippen MR) is 68.2 cm³/mol. The summed E-state index contributed by atoms with van der Waals surface area (Å²) in [6, 6.07) is 10.8. The lowest BCUT2D eigenvalue weighted by molar-refractivity contribution is 0.477. The van der Waals surface area contributed by atoms with E-state index >= 15 is 0 Å². The lowest BCUT2D eigenvalue weighted by atomic mass is 10.1. The van der Waals surface area contributed by atoms with Crippen LogP contribution in [0.25, 0.3) is 22.2 Å². The molecule has 0 fully saturated rings. The van der Waals surface area contributed by atoms with Gasteiger partial charge in [-0.25, -0.2) is 4.98 Å². The van der Waals surface area contributed by atoms with Gasteiger partial charge in [-0.15, -0.1) is 0 Å². The molecule has 4 heteroatoms. The Morgan fingerprint density at radius 2 is 2.00 bits per heavy atom. The Kier molecular flexibility index (Phi) is 2.27. The van der Waals surface area contributed by atoms with Crippen LogP contribution in [-0.2, 0) is 0 Å². The van der Waals surface area contributed by atoms with Gasteiger partial charge in [-0.3, -0.25) is 0 Å². The molecule has 3 aromatic rings. The highest BCUT2D eigenvalue weighted by Gasteiger charge is 2.11. The SMILES string of the molecule is Oc1ccccc1-c1nc(Cl)cc2[nH]ccc12. The van der Waals surface area contributed by atoms with Gasteiger partial charge in [0, 0.05) is 17.1 Å². The van der Waals surface area contributed by atoms with Crippen molar-refractivity contribution < 1.29 is 5.11 Å². The van der Waals surface area contributed by atoms with Crippen LogP contribution in [0, 0.1) is 0 Å². The highest BCUT2D eigenvalue weighted by Crippen LogP contribution is 2.33. The van der Waals surface area contributed by atoms with E-state index in [1.165, 1.54) is 0 Å². The van der Waals surface area contributed by atoms with Crippen LogP contribution in [0.15, 0.2) is 42.6 Å². The minimum atomic E-state index is 0.199. The average Bonchev–Trinajstić information content (AvgIpc) is 2.76. The number of pyridine rings is 1. The molecule has 0 amide bonds. The van der Waals surface area contributed by atoms with E-state index in [-0.39, 0.29) is 5.75 Å². The molecular formula is C13H9ClN2O. The van der Waals surface area contributed by atoms with Crippen LogP contribution < -0.4 is 0 Å². The zero-order valence-corrected chi connectivity index (χ0v) is 9.57. The lowest BCUT2D eigenvalue weighted by Gasteiger charge is -2.05. The van der Waals surface area contributed by atoms with Gasteiger partial charge < -0.3 is 10.1 Å². The number of phenolic OH excluding ortho intramolecular Hbond substituents is 1. The monoisotopic (exact) mass is 244 g/mol. The number of H-pyrrole nitrogens is 1. The highest BCUT2D eigenvalue weighted by molar-refractivity contribution is 6.30. The van der Waals surface area contributed by atoms with E-state index in [2.05, 4.69) is 9.97 Å². The first-order chi connectivity index (χ1) is 8.25. The molecule has 0 atom stereocenters. The predicted octanol–water partition coefficient (Wildman–Crippen LogP) is 3.59. The number of rotatable bonds is 1. The summed E-state index contributed by atoms with van der Waals surface area (Å²) in [5.74, 6) is 0.199. The van der Waals surface area contributed by atoms with Gasteiger partial charge in [0.1, 0.15) is 10.9 Å².